The summed E-state index contributed by atoms with van der Waals surface area (Å²) < 4.78 is 39.3. The summed E-state index contributed by atoms with van der Waals surface area (Å²) in [6, 6.07) is 24.0. The molecule has 0 saturated carbocycles. The lowest BCUT2D eigenvalue weighted by Gasteiger charge is -2.21. The number of esters is 1. The first kappa shape index (κ1) is 27.3. The number of hydrogen-bond acceptors (Lipinski definition) is 6. The number of halogens is 1. The molecule has 4 rings (SSSR count). The molecule has 0 aliphatic rings. The molecule has 3 aromatic carbocycles. The SMILES string of the molecule is CCOC(=O)c1ccc(N=Cc2ccc(CN(Cc3ccc(C)cc3)S(=O)(=O)c3ccc(Cl)cc3)o2)cc1. The third-order valence-electron chi connectivity index (χ3n) is 5.66. The second-order valence-corrected chi connectivity index (χ2v) is 10.9. The summed E-state index contributed by atoms with van der Waals surface area (Å²) in [5.74, 6) is 0.546. The van der Waals surface area contributed by atoms with E-state index >= 15 is 0 Å². The van der Waals surface area contributed by atoms with Gasteiger partial charge in [0.05, 0.1) is 35.5 Å². The summed E-state index contributed by atoms with van der Waals surface area (Å²) in [6.07, 6.45) is 1.54. The molecule has 9 heteroatoms. The van der Waals surface area contributed by atoms with E-state index in [1.54, 1.807) is 61.7 Å². The second kappa shape index (κ2) is 12.2. The molecule has 0 amide bonds. The number of aryl methyl sites for hydroxylation is 1. The van der Waals surface area contributed by atoms with Crippen molar-refractivity contribution < 1.29 is 22.4 Å². The Morgan fingerprint density at radius 1 is 0.947 bits per heavy atom. The minimum absolute atomic E-state index is 0.0287. The molecule has 0 spiro atoms. The highest BCUT2D eigenvalue weighted by atomic mass is 35.5. The van der Waals surface area contributed by atoms with E-state index < -0.39 is 10.0 Å². The summed E-state index contributed by atoms with van der Waals surface area (Å²) in [5, 5.41) is 0.458. The predicted octanol–water partition coefficient (Wildman–Crippen LogP) is 6.56. The Labute approximate surface area is 227 Å². The molecule has 0 saturated heterocycles. The molecular formula is C29H27ClN2O5S. The van der Waals surface area contributed by atoms with E-state index in [1.807, 2.05) is 31.2 Å². The lowest BCUT2D eigenvalue weighted by Crippen LogP contribution is -2.30. The molecule has 1 aromatic heterocycles. The summed E-state index contributed by atoms with van der Waals surface area (Å²) in [5.41, 5.74) is 3.02. The first-order valence-electron chi connectivity index (χ1n) is 12.0. The molecule has 1 heterocycles. The van der Waals surface area contributed by atoms with Gasteiger partial charge in [-0.3, -0.25) is 4.99 Å². The lowest BCUT2D eigenvalue weighted by molar-refractivity contribution is 0.0526. The van der Waals surface area contributed by atoms with E-state index in [4.69, 9.17) is 20.8 Å². The van der Waals surface area contributed by atoms with Crippen LogP contribution in [0.15, 0.2) is 99.2 Å². The van der Waals surface area contributed by atoms with Crippen molar-refractivity contribution in [1.29, 1.82) is 0 Å². The van der Waals surface area contributed by atoms with Crippen molar-refractivity contribution in [2.75, 3.05) is 6.61 Å². The maximum absolute atomic E-state index is 13.5. The van der Waals surface area contributed by atoms with Crippen molar-refractivity contribution in [3.05, 3.63) is 118 Å². The molecule has 0 bridgehead atoms. The van der Waals surface area contributed by atoms with Gasteiger partial charge in [-0.2, -0.15) is 4.31 Å². The highest BCUT2D eigenvalue weighted by molar-refractivity contribution is 7.89. The number of ether oxygens (including phenoxy) is 1. The van der Waals surface area contributed by atoms with Gasteiger partial charge in [-0.25, -0.2) is 13.2 Å². The predicted molar refractivity (Wildman–Crippen MR) is 147 cm³/mol. The number of carbonyl (C=O) groups is 1. The zero-order valence-corrected chi connectivity index (χ0v) is 22.6. The van der Waals surface area contributed by atoms with Crippen LogP contribution in [-0.4, -0.2) is 31.5 Å². The standard InChI is InChI=1S/C29H27ClN2O5S/c1-3-36-29(33)23-8-12-25(13-9-23)31-18-26-14-15-27(37-26)20-32(19-22-6-4-21(2)5-7-22)38(34,35)28-16-10-24(30)11-17-28/h4-18H,3,19-20H2,1-2H3. The van der Waals surface area contributed by atoms with E-state index in [2.05, 4.69) is 4.99 Å². The van der Waals surface area contributed by atoms with Crippen LogP contribution < -0.4 is 0 Å². The highest BCUT2D eigenvalue weighted by Gasteiger charge is 2.26. The third-order valence-corrected chi connectivity index (χ3v) is 7.72. The van der Waals surface area contributed by atoms with Crippen molar-refractivity contribution >= 4 is 39.5 Å². The first-order valence-corrected chi connectivity index (χ1v) is 13.8. The maximum Gasteiger partial charge on any atom is 0.338 e. The summed E-state index contributed by atoms with van der Waals surface area (Å²) in [7, 11) is -3.84. The van der Waals surface area contributed by atoms with Crippen LogP contribution >= 0.6 is 11.6 Å². The van der Waals surface area contributed by atoms with Gasteiger partial charge in [0.1, 0.15) is 11.5 Å². The second-order valence-electron chi connectivity index (χ2n) is 8.54. The van der Waals surface area contributed by atoms with Crippen LogP contribution in [0.2, 0.25) is 5.02 Å². The van der Waals surface area contributed by atoms with Crippen LogP contribution in [0.3, 0.4) is 0 Å². The van der Waals surface area contributed by atoms with Crippen LogP contribution in [0.5, 0.6) is 0 Å². The number of aliphatic imine (C=N–C) groups is 1. The Bertz CT molecular complexity index is 1510. The Morgan fingerprint density at radius 3 is 2.29 bits per heavy atom. The molecule has 0 aliphatic carbocycles. The van der Waals surface area contributed by atoms with Crippen molar-refractivity contribution in [3.8, 4) is 0 Å². The van der Waals surface area contributed by atoms with Crippen molar-refractivity contribution in [2.45, 2.75) is 31.8 Å². The van der Waals surface area contributed by atoms with Crippen LogP contribution in [-0.2, 0) is 27.8 Å². The average Bonchev–Trinajstić information content (AvgIpc) is 3.36. The van der Waals surface area contributed by atoms with Crippen LogP contribution in [0.1, 0.15) is 39.9 Å². The fraction of sp³-hybridized carbons (Fsp3) is 0.172. The summed E-state index contributed by atoms with van der Waals surface area (Å²) in [6.45, 7) is 4.24. The van der Waals surface area contributed by atoms with Crippen LogP contribution in [0.25, 0.3) is 0 Å². The number of rotatable bonds is 10. The molecule has 0 fully saturated rings. The smallest absolute Gasteiger partial charge is 0.338 e. The van der Waals surface area contributed by atoms with Gasteiger partial charge in [0.25, 0.3) is 0 Å². The minimum Gasteiger partial charge on any atom is -0.462 e. The van der Waals surface area contributed by atoms with Crippen LogP contribution in [0.4, 0.5) is 5.69 Å². The van der Waals surface area contributed by atoms with E-state index in [-0.39, 0.29) is 24.0 Å². The molecule has 0 radical (unpaired) electrons. The fourth-order valence-electron chi connectivity index (χ4n) is 3.64. The molecular weight excluding hydrogens is 524 g/mol. The van der Waals surface area contributed by atoms with Gasteiger partial charge in [0.2, 0.25) is 10.0 Å². The normalized spacial score (nSPS) is 11.8. The van der Waals surface area contributed by atoms with E-state index in [9.17, 15) is 13.2 Å². The lowest BCUT2D eigenvalue weighted by atomic mass is 10.1. The molecule has 0 atom stereocenters. The molecule has 0 unspecified atom stereocenters. The molecule has 7 nitrogen and oxygen atoms in total. The number of benzene rings is 3. The molecule has 0 aliphatic heterocycles. The number of carbonyl (C=O) groups excluding carboxylic acids is 1. The average molecular weight is 551 g/mol. The van der Waals surface area contributed by atoms with Crippen molar-refractivity contribution in [1.82, 2.24) is 4.31 Å². The molecule has 38 heavy (non-hydrogen) atoms. The van der Waals surface area contributed by atoms with E-state index in [0.717, 1.165) is 11.1 Å². The first-order chi connectivity index (χ1) is 18.2. The van der Waals surface area contributed by atoms with Gasteiger partial charge in [0, 0.05) is 11.6 Å². The summed E-state index contributed by atoms with van der Waals surface area (Å²) in [4.78, 5) is 16.3. The van der Waals surface area contributed by atoms with E-state index in [0.29, 0.717) is 34.4 Å². The minimum atomic E-state index is -3.84. The number of sulfonamides is 1. The van der Waals surface area contributed by atoms with Crippen LogP contribution in [0, 0.1) is 6.92 Å². The van der Waals surface area contributed by atoms with Gasteiger partial charge in [-0.1, -0.05) is 41.4 Å². The number of hydrogen-bond donors (Lipinski definition) is 0. The zero-order chi connectivity index (χ0) is 27.1. The maximum atomic E-state index is 13.5. The van der Waals surface area contributed by atoms with Gasteiger partial charge in [-0.15, -0.1) is 0 Å². The zero-order valence-electron chi connectivity index (χ0n) is 21.0. The monoisotopic (exact) mass is 550 g/mol. The highest BCUT2D eigenvalue weighted by Crippen LogP contribution is 2.24. The largest absolute Gasteiger partial charge is 0.462 e. The van der Waals surface area contributed by atoms with Gasteiger partial charge in [0.15, 0.2) is 0 Å². The van der Waals surface area contributed by atoms with Crippen molar-refractivity contribution in [3.63, 3.8) is 0 Å². The van der Waals surface area contributed by atoms with Gasteiger partial charge in [-0.05, 0) is 80.1 Å². The molecule has 0 N–H and O–H groups in total. The van der Waals surface area contributed by atoms with E-state index in [1.165, 1.54) is 16.4 Å². The summed E-state index contributed by atoms with van der Waals surface area (Å²) >= 11 is 5.97. The third kappa shape index (κ3) is 6.98. The van der Waals surface area contributed by atoms with Gasteiger partial charge < -0.3 is 9.15 Å². The number of furan rings is 1. The fourth-order valence-corrected chi connectivity index (χ4v) is 5.16. The Kier molecular flexibility index (Phi) is 8.78. The quantitative estimate of drug-likeness (QED) is 0.165. The Hall–Kier alpha value is -3.72. The molecule has 4 aromatic rings. The number of nitrogens with zero attached hydrogens (tertiary/aromatic N) is 2. The topological polar surface area (TPSA) is 89.2 Å². The molecule has 196 valence electrons. The van der Waals surface area contributed by atoms with Crippen molar-refractivity contribution in [2.24, 2.45) is 4.99 Å². The van der Waals surface area contributed by atoms with Gasteiger partial charge >= 0.3 is 5.97 Å². The Balaban J connectivity index is 1.53. The Morgan fingerprint density at radius 2 is 1.63 bits per heavy atom.